The lowest BCUT2D eigenvalue weighted by molar-refractivity contribution is 0.0518. The molecule has 0 saturated heterocycles. The number of carbonyl (C=O) groups excluding carboxylic acids is 1. The van der Waals surface area contributed by atoms with Crippen molar-refractivity contribution in [3.63, 3.8) is 0 Å². The Hall–Kier alpha value is -2.02. The molecule has 5 nitrogen and oxygen atoms in total. The van der Waals surface area contributed by atoms with Gasteiger partial charge in [0.15, 0.2) is 5.69 Å². The number of nitrogens with zero attached hydrogens (tertiary/aromatic N) is 3. The van der Waals surface area contributed by atoms with E-state index in [1.807, 2.05) is 0 Å². The summed E-state index contributed by atoms with van der Waals surface area (Å²) in [5.74, 6) is -2.05. The van der Waals surface area contributed by atoms with Crippen LogP contribution in [-0.4, -0.2) is 27.6 Å². The summed E-state index contributed by atoms with van der Waals surface area (Å²) in [4.78, 5) is 11.7. The molecular weight excluding hydrogens is 304 g/mol. The van der Waals surface area contributed by atoms with Crippen LogP contribution in [0.5, 0.6) is 0 Å². The molecule has 1 heterocycles. The van der Waals surface area contributed by atoms with Crippen molar-refractivity contribution < 1.29 is 18.3 Å². The van der Waals surface area contributed by atoms with Gasteiger partial charge in [0.2, 0.25) is 0 Å². The van der Waals surface area contributed by atoms with Crippen LogP contribution in [0.25, 0.3) is 0 Å². The van der Waals surface area contributed by atoms with Crippen LogP contribution in [0.4, 0.5) is 8.78 Å². The van der Waals surface area contributed by atoms with Gasteiger partial charge in [0.05, 0.1) is 24.7 Å². The minimum atomic E-state index is -0.705. The number of ether oxygens (including phenoxy) is 1. The molecule has 0 aliphatic heterocycles. The van der Waals surface area contributed by atoms with Crippen LogP contribution in [0.15, 0.2) is 18.2 Å². The second kappa shape index (κ2) is 6.62. The third-order valence-corrected chi connectivity index (χ3v) is 3.02. The Kier molecular flexibility index (Phi) is 4.85. The van der Waals surface area contributed by atoms with E-state index >= 15 is 0 Å². The van der Waals surface area contributed by atoms with Gasteiger partial charge < -0.3 is 4.74 Å². The van der Waals surface area contributed by atoms with E-state index in [9.17, 15) is 13.6 Å². The Morgan fingerprint density at radius 3 is 2.81 bits per heavy atom. The third-order valence-electron chi connectivity index (χ3n) is 2.77. The van der Waals surface area contributed by atoms with Gasteiger partial charge in [-0.05, 0) is 13.0 Å². The van der Waals surface area contributed by atoms with Crippen molar-refractivity contribution in [2.24, 2.45) is 0 Å². The smallest absolute Gasteiger partial charge is 0.360 e. The average molecular weight is 316 g/mol. The molecule has 1 aromatic heterocycles. The van der Waals surface area contributed by atoms with Gasteiger partial charge in [0.25, 0.3) is 0 Å². The van der Waals surface area contributed by atoms with Crippen molar-refractivity contribution in [3.8, 4) is 0 Å². The predicted molar refractivity (Wildman–Crippen MR) is 71.0 cm³/mol. The van der Waals surface area contributed by atoms with Crippen molar-refractivity contribution in [2.45, 2.75) is 19.3 Å². The predicted octanol–water partition coefficient (Wildman–Crippen LogP) is 2.52. The molecule has 0 spiro atoms. The van der Waals surface area contributed by atoms with E-state index in [0.717, 1.165) is 12.1 Å². The minimum Gasteiger partial charge on any atom is -0.461 e. The van der Waals surface area contributed by atoms with Crippen LogP contribution in [0.3, 0.4) is 0 Å². The lowest BCUT2D eigenvalue weighted by Crippen LogP contribution is -2.11. The van der Waals surface area contributed by atoms with Gasteiger partial charge in [0, 0.05) is 11.6 Å². The van der Waals surface area contributed by atoms with Gasteiger partial charge in [-0.15, -0.1) is 16.7 Å². The van der Waals surface area contributed by atoms with Crippen LogP contribution in [0.2, 0.25) is 0 Å². The molecular formula is C13H12ClF2N3O2. The first kappa shape index (κ1) is 15.4. The Balaban J connectivity index is 2.30. The summed E-state index contributed by atoms with van der Waals surface area (Å²) in [6.07, 6.45) is 0. The topological polar surface area (TPSA) is 57.0 Å². The molecule has 0 aliphatic rings. The molecule has 112 valence electrons. The van der Waals surface area contributed by atoms with Gasteiger partial charge in [-0.25, -0.2) is 18.3 Å². The van der Waals surface area contributed by atoms with Crippen molar-refractivity contribution in [1.29, 1.82) is 0 Å². The van der Waals surface area contributed by atoms with Gasteiger partial charge in [-0.1, -0.05) is 11.3 Å². The van der Waals surface area contributed by atoms with E-state index in [1.165, 1.54) is 10.7 Å². The van der Waals surface area contributed by atoms with E-state index in [4.69, 9.17) is 16.3 Å². The number of rotatable bonds is 5. The first-order chi connectivity index (χ1) is 10.1. The maximum Gasteiger partial charge on any atom is 0.360 e. The molecule has 21 heavy (non-hydrogen) atoms. The first-order valence-corrected chi connectivity index (χ1v) is 6.69. The summed E-state index contributed by atoms with van der Waals surface area (Å²) in [5, 5.41) is 7.48. The molecule has 2 aromatic rings. The summed E-state index contributed by atoms with van der Waals surface area (Å²) < 4.78 is 32.6. The highest BCUT2D eigenvalue weighted by Gasteiger charge is 2.20. The second-order valence-corrected chi connectivity index (χ2v) is 4.40. The Morgan fingerprint density at radius 1 is 1.43 bits per heavy atom. The van der Waals surface area contributed by atoms with Gasteiger partial charge in [-0.2, -0.15) is 0 Å². The quantitative estimate of drug-likeness (QED) is 0.628. The zero-order valence-corrected chi connectivity index (χ0v) is 11.9. The molecule has 0 N–H and O–H groups in total. The minimum absolute atomic E-state index is 0.00521. The fourth-order valence-corrected chi connectivity index (χ4v) is 2.03. The fraction of sp³-hybridized carbons (Fsp3) is 0.308. The number of hydrogen-bond acceptors (Lipinski definition) is 4. The molecule has 2 rings (SSSR count). The van der Waals surface area contributed by atoms with Gasteiger partial charge in [-0.3, -0.25) is 0 Å². The summed E-state index contributed by atoms with van der Waals surface area (Å²) in [5.41, 5.74) is 0.524. The summed E-state index contributed by atoms with van der Waals surface area (Å²) in [7, 11) is 0. The molecule has 0 radical (unpaired) electrons. The monoisotopic (exact) mass is 315 g/mol. The molecule has 0 bridgehead atoms. The van der Waals surface area contributed by atoms with Gasteiger partial charge in [0.1, 0.15) is 11.6 Å². The maximum atomic E-state index is 13.6. The number of hydrogen-bond donors (Lipinski definition) is 0. The van der Waals surface area contributed by atoms with Crippen LogP contribution in [-0.2, 0) is 17.2 Å². The van der Waals surface area contributed by atoms with Crippen molar-refractivity contribution >= 4 is 17.6 Å². The Labute approximate surface area is 124 Å². The fourth-order valence-electron chi connectivity index (χ4n) is 1.76. The van der Waals surface area contributed by atoms with Crippen molar-refractivity contribution in [2.75, 3.05) is 6.61 Å². The van der Waals surface area contributed by atoms with Crippen molar-refractivity contribution in [3.05, 3.63) is 46.8 Å². The van der Waals surface area contributed by atoms with Crippen LogP contribution >= 0.6 is 11.6 Å². The largest absolute Gasteiger partial charge is 0.461 e. The zero-order chi connectivity index (χ0) is 15.4. The highest BCUT2D eigenvalue weighted by Crippen LogP contribution is 2.15. The number of alkyl halides is 1. The van der Waals surface area contributed by atoms with E-state index in [1.54, 1.807) is 6.92 Å². The third kappa shape index (κ3) is 3.36. The molecule has 0 aliphatic carbocycles. The molecule has 1 aromatic carbocycles. The van der Waals surface area contributed by atoms with E-state index in [2.05, 4.69) is 10.3 Å². The molecule has 0 unspecified atom stereocenters. The summed E-state index contributed by atoms with van der Waals surface area (Å²) in [6, 6.07) is 3.22. The molecule has 0 fully saturated rings. The standard InChI is InChI=1S/C13H12ClF2N3O2/c1-2-21-13(20)12-11(6-14)19(18-17-12)7-8-3-4-9(15)5-10(8)16/h3-5H,2,6-7H2,1H3. The summed E-state index contributed by atoms with van der Waals surface area (Å²) >= 11 is 5.79. The first-order valence-electron chi connectivity index (χ1n) is 6.16. The van der Waals surface area contributed by atoms with Crippen LogP contribution in [0.1, 0.15) is 28.7 Å². The van der Waals surface area contributed by atoms with Gasteiger partial charge >= 0.3 is 5.97 Å². The number of halogens is 3. The molecule has 0 atom stereocenters. The molecule has 0 amide bonds. The normalized spacial score (nSPS) is 10.7. The SMILES string of the molecule is CCOC(=O)c1nnn(Cc2ccc(F)cc2F)c1CCl. The van der Waals surface area contributed by atoms with E-state index in [-0.39, 0.29) is 30.3 Å². The molecule has 0 saturated carbocycles. The Morgan fingerprint density at radius 2 is 2.19 bits per heavy atom. The zero-order valence-electron chi connectivity index (χ0n) is 11.1. The number of aromatic nitrogens is 3. The van der Waals surface area contributed by atoms with E-state index < -0.39 is 17.6 Å². The lowest BCUT2D eigenvalue weighted by Gasteiger charge is -2.06. The summed E-state index contributed by atoms with van der Waals surface area (Å²) in [6.45, 7) is 1.84. The van der Waals surface area contributed by atoms with E-state index in [0.29, 0.717) is 5.69 Å². The number of benzene rings is 1. The maximum absolute atomic E-state index is 13.6. The number of carbonyl (C=O) groups is 1. The lowest BCUT2D eigenvalue weighted by atomic mass is 10.2. The van der Waals surface area contributed by atoms with Crippen molar-refractivity contribution in [1.82, 2.24) is 15.0 Å². The Bertz CT molecular complexity index is 661. The average Bonchev–Trinajstić information content (AvgIpc) is 2.85. The van der Waals surface area contributed by atoms with Crippen LogP contribution in [0, 0.1) is 11.6 Å². The van der Waals surface area contributed by atoms with Crippen LogP contribution < -0.4 is 0 Å². The second-order valence-electron chi connectivity index (χ2n) is 4.13. The highest BCUT2D eigenvalue weighted by atomic mass is 35.5. The molecule has 8 heteroatoms. The highest BCUT2D eigenvalue weighted by molar-refractivity contribution is 6.17. The number of esters is 1.